The Morgan fingerprint density at radius 3 is 2.33 bits per heavy atom. The first-order valence-electron chi connectivity index (χ1n) is 12.4. The van der Waals surface area contributed by atoms with Gasteiger partial charge in [0.15, 0.2) is 11.4 Å². The summed E-state index contributed by atoms with van der Waals surface area (Å²) in [5.74, 6) is -0.507. The minimum atomic E-state index is -1.39. The van der Waals surface area contributed by atoms with Crippen molar-refractivity contribution in [2.75, 3.05) is 50.0 Å². The van der Waals surface area contributed by atoms with Crippen molar-refractivity contribution in [2.24, 2.45) is 0 Å². The van der Waals surface area contributed by atoms with Crippen molar-refractivity contribution in [3.8, 4) is 0 Å². The number of nitrogens with one attached hydrogen (secondary N) is 5. The number of carboxylic acid groups (broad SMARTS) is 2. The van der Waals surface area contributed by atoms with Gasteiger partial charge in [-0.25, -0.2) is 14.6 Å². The second kappa shape index (κ2) is 14.8. The van der Waals surface area contributed by atoms with Crippen LogP contribution in [0.2, 0.25) is 0 Å². The monoisotopic (exact) mass is 563 g/mol. The normalized spacial score (nSPS) is 13.5. The van der Waals surface area contributed by atoms with Gasteiger partial charge < -0.3 is 30.9 Å². The summed E-state index contributed by atoms with van der Waals surface area (Å²) in [5, 5.41) is 30.5. The van der Waals surface area contributed by atoms with Crippen LogP contribution in [0, 0.1) is 0 Å². The molecule has 14 nitrogen and oxygen atoms in total. The lowest BCUT2D eigenvalue weighted by atomic mass is 10.1. The van der Waals surface area contributed by atoms with Crippen LogP contribution in [0.3, 0.4) is 0 Å². The Bertz CT molecular complexity index is 1120. The highest BCUT2D eigenvalue weighted by Crippen LogP contribution is 2.25. The molecule has 1 aliphatic rings. The lowest BCUT2D eigenvalue weighted by molar-refractivity contribution is -0.114. The molecular weight excluding hydrogens is 530 g/mol. The van der Waals surface area contributed by atoms with Gasteiger partial charge in [-0.05, 0) is 43.5 Å². The topological polar surface area (TPSA) is 194 Å². The number of hydrogen-bond donors (Lipinski definition) is 7. The van der Waals surface area contributed by atoms with Gasteiger partial charge in [-0.3, -0.25) is 25.1 Å². The zero-order chi connectivity index (χ0) is 28.2. The smallest absolute Gasteiger partial charge is 0.407 e. The van der Waals surface area contributed by atoms with E-state index in [1.807, 2.05) is 10.6 Å². The summed E-state index contributed by atoms with van der Waals surface area (Å²) in [5.41, 5.74) is 1.98. The van der Waals surface area contributed by atoms with Crippen molar-refractivity contribution >= 4 is 46.2 Å². The van der Waals surface area contributed by atoms with E-state index in [2.05, 4.69) is 25.8 Å². The molecule has 212 valence electrons. The summed E-state index contributed by atoms with van der Waals surface area (Å²) in [6.45, 7) is 6.02. The number of amides is 4. The van der Waals surface area contributed by atoms with E-state index < -0.39 is 18.5 Å². The van der Waals surface area contributed by atoms with Gasteiger partial charge in [0.05, 0.1) is 18.9 Å². The molecule has 2 aromatic rings. The highest BCUT2D eigenvalue weighted by molar-refractivity contribution is 7.17. The van der Waals surface area contributed by atoms with Crippen LogP contribution in [0.5, 0.6) is 0 Å². The molecule has 0 unspecified atom stereocenters. The minimum absolute atomic E-state index is 0.233. The average molecular weight is 564 g/mol. The second-order valence-corrected chi connectivity index (χ2v) is 9.71. The maximum atomic E-state index is 12.9. The number of aromatic nitrogens is 1. The Balaban J connectivity index is 1.58. The van der Waals surface area contributed by atoms with Gasteiger partial charge in [0.1, 0.15) is 4.88 Å². The molecule has 2 heterocycles. The molecule has 0 bridgehead atoms. The summed E-state index contributed by atoms with van der Waals surface area (Å²) in [6, 6.07) is 6.96. The second-order valence-electron chi connectivity index (χ2n) is 8.71. The van der Waals surface area contributed by atoms with Gasteiger partial charge in [-0.2, -0.15) is 0 Å². The third kappa shape index (κ3) is 10.4. The molecule has 0 saturated carbocycles. The molecule has 39 heavy (non-hydrogen) atoms. The van der Waals surface area contributed by atoms with Crippen LogP contribution in [0.4, 0.5) is 20.4 Å². The maximum absolute atomic E-state index is 12.9. The van der Waals surface area contributed by atoms with E-state index in [1.54, 1.807) is 24.3 Å². The number of hydrogen-bond acceptors (Lipinski definition) is 9. The number of carbonyl (C=O) groups is 4. The number of aryl methyl sites for hydroxylation is 2. The summed E-state index contributed by atoms with van der Waals surface area (Å²) >= 11 is 1.13. The Kier molecular flexibility index (Phi) is 11.3. The predicted octanol–water partition coefficient (Wildman–Crippen LogP) is 1.57. The van der Waals surface area contributed by atoms with Gasteiger partial charge in [0.25, 0.3) is 5.91 Å². The van der Waals surface area contributed by atoms with Crippen LogP contribution >= 0.6 is 11.3 Å². The third-order valence-corrected chi connectivity index (χ3v) is 6.69. The van der Waals surface area contributed by atoms with Crippen molar-refractivity contribution in [3.63, 3.8) is 0 Å². The first kappa shape index (κ1) is 29.6. The fraction of sp³-hybridized carbons (Fsp3) is 0.458. The van der Waals surface area contributed by atoms with Crippen LogP contribution in [-0.4, -0.2) is 89.8 Å². The molecule has 1 aliphatic heterocycles. The molecule has 3 rings (SSSR count). The molecule has 0 radical (unpaired) electrons. The molecule has 7 N–H and O–H groups in total. The average Bonchev–Trinajstić information content (AvgIpc) is 3.28. The number of benzene rings is 1. The summed E-state index contributed by atoms with van der Waals surface area (Å²) in [7, 11) is 0. The lowest BCUT2D eigenvalue weighted by Crippen LogP contribution is -2.52. The number of anilines is 2. The van der Waals surface area contributed by atoms with Gasteiger partial charge in [0.2, 0.25) is 5.91 Å². The maximum Gasteiger partial charge on any atom is 0.407 e. The third-order valence-electron chi connectivity index (χ3n) is 5.68. The van der Waals surface area contributed by atoms with E-state index in [1.165, 1.54) is 6.92 Å². The molecule has 0 spiro atoms. The summed E-state index contributed by atoms with van der Waals surface area (Å²) < 4.78 is 5.35. The lowest BCUT2D eigenvalue weighted by Gasteiger charge is -2.26. The number of nitrogens with zero attached hydrogens (tertiary/aromatic N) is 2. The van der Waals surface area contributed by atoms with Crippen molar-refractivity contribution in [1.82, 2.24) is 25.8 Å². The highest BCUT2D eigenvalue weighted by Gasteiger charge is 2.19. The van der Waals surface area contributed by atoms with E-state index in [9.17, 15) is 19.2 Å². The predicted molar refractivity (Wildman–Crippen MR) is 144 cm³/mol. The SMILES string of the molecule is CC(=O)Nc1nc(CCc2ccc(NC(NC(=O)O)NC(=O)O)cc2)c(C(=O)NCCCN2CCOCC2)s1. The zero-order valence-electron chi connectivity index (χ0n) is 21.5. The van der Waals surface area contributed by atoms with E-state index in [4.69, 9.17) is 14.9 Å². The Morgan fingerprint density at radius 2 is 1.72 bits per heavy atom. The molecule has 1 aromatic heterocycles. The highest BCUT2D eigenvalue weighted by atomic mass is 32.1. The zero-order valence-corrected chi connectivity index (χ0v) is 22.3. The summed E-state index contributed by atoms with van der Waals surface area (Å²) in [4.78, 5) is 53.5. The summed E-state index contributed by atoms with van der Waals surface area (Å²) in [6.07, 6.45) is -2.21. The standard InChI is InChI=1S/C24H33N7O7S/c1-15(32)26-22-28-18(19(39-22)20(33)25-9-2-10-31-11-13-38-14-12-31)8-5-16-3-6-17(7-4-16)27-21(29-23(34)35)30-24(36)37/h3-4,6-7,21,27,29-30H,2,5,8-14H2,1H3,(H,25,33)(H,34,35)(H,36,37)(H,26,28,32). The molecule has 1 aromatic carbocycles. The van der Waals surface area contributed by atoms with E-state index in [0.717, 1.165) is 56.2 Å². The van der Waals surface area contributed by atoms with Crippen LogP contribution in [0.1, 0.15) is 34.3 Å². The van der Waals surface area contributed by atoms with Crippen LogP contribution in [0.15, 0.2) is 24.3 Å². The Hall–Kier alpha value is -3.95. The minimum Gasteiger partial charge on any atom is -0.465 e. The number of ether oxygens (including phenoxy) is 1. The van der Waals surface area contributed by atoms with E-state index in [-0.39, 0.29) is 11.8 Å². The van der Waals surface area contributed by atoms with Crippen molar-refractivity contribution < 1.29 is 34.1 Å². The van der Waals surface area contributed by atoms with Gasteiger partial charge >= 0.3 is 12.2 Å². The van der Waals surface area contributed by atoms with E-state index >= 15 is 0 Å². The largest absolute Gasteiger partial charge is 0.465 e. The molecule has 15 heteroatoms. The van der Waals surface area contributed by atoms with Crippen molar-refractivity contribution in [2.45, 2.75) is 32.5 Å². The quantitative estimate of drug-likeness (QED) is 0.139. The molecule has 1 saturated heterocycles. The van der Waals surface area contributed by atoms with Crippen molar-refractivity contribution in [1.29, 1.82) is 0 Å². The molecule has 0 aliphatic carbocycles. The van der Waals surface area contributed by atoms with Crippen molar-refractivity contribution in [3.05, 3.63) is 40.4 Å². The first-order valence-corrected chi connectivity index (χ1v) is 13.2. The van der Waals surface area contributed by atoms with Crippen LogP contribution in [0.25, 0.3) is 0 Å². The Morgan fingerprint density at radius 1 is 1.05 bits per heavy atom. The van der Waals surface area contributed by atoms with Gasteiger partial charge in [-0.1, -0.05) is 23.5 Å². The van der Waals surface area contributed by atoms with Gasteiger partial charge in [-0.15, -0.1) is 0 Å². The first-order chi connectivity index (χ1) is 18.7. The molecule has 1 fully saturated rings. The van der Waals surface area contributed by atoms with Gasteiger partial charge in [0, 0.05) is 32.2 Å². The molecule has 0 atom stereocenters. The molecule has 4 amide bonds. The fourth-order valence-corrected chi connectivity index (χ4v) is 4.84. The number of carbonyl (C=O) groups excluding carboxylic acids is 2. The van der Waals surface area contributed by atoms with Crippen LogP contribution < -0.4 is 26.6 Å². The fourth-order valence-electron chi connectivity index (χ4n) is 3.86. The number of rotatable bonds is 13. The number of morpholine rings is 1. The Labute approximate surface area is 229 Å². The molecular formula is C24H33N7O7S. The van der Waals surface area contributed by atoms with Crippen LogP contribution in [-0.2, 0) is 22.4 Å². The number of thiazole rings is 1. The van der Waals surface area contributed by atoms with E-state index in [0.29, 0.717) is 40.8 Å².